The summed E-state index contributed by atoms with van der Waals surface area (Å²) >= 11 is 0. The highest BCUT2D eigenvalue weighted by Crippen LogP contribution is 2.31. The van der Waals surface area contributed by atoms with E-state index in [1.165, 1.54) is 6.20 Å². The molecule has 0 spiro atoms. The third kappa shape index (κ3) is 3.01. The van der Waals surface area contributed by atoms with Crippen LogP contribution in [0.4, 0.5) is 4.39 Å². The van der Waals surface area contributed by atoms with Gasteiger partial charge in [0.2, 0.25) is 0 Å². The minimum absolute atomic E-state index is 0.133. The Balaban J connectivity index is 2.16. The van der Waals surface area contributed by atoms with Gasteiger partial charge in [0.15, 0.2) is 0 Å². The molecule has 1 fully saturated rings. The van der Waals surface area contributed by atoms with E-state index < -0.39 is 0 Å². The zero-order valence-corrected chi connectivity index (χ0v) is 10.3. The fourth-order valence-corrected chi connectivity index (χ4v) is 2.46. The summed E-state index contributed by atoms with van der Waals surface area (Å²) in [4.78, 5) is 3.92. The molecule has 1 saturated heterocycles. The predicted molar refractivity (Wildman–Crippen MR) is 64.1 cm³/mol. The van der Waals surface area contributed by atoms with Crippen molar-refractivity contribution >= 4 is 0 Å². The summed E-state index contributed by atoms with van der Waals surface area (Å²) in [6.07, 6.45) is 4.27. The summed E-state index contributed by atoms with van der Waals surface area (Å²) < 4.78 is 18.8. The lowest BCUT2D eigenvalue weighted by Gasteiger charge is -2.23. The number of aromatic nitrogens is 1. The van der Waals surface area contributed by atoms with E-state index in [-0.39, 0.29) is 11.9 Å². The Hall–Kier alpha value is -1.00. The van der Waals surface area contributed by atoms with Gasteiger partial charge in [0.05, 0.1) is 18.9 Å². The van der Waals surface area contributed by atoms with Gasteiger partial charge in [-0.3, -0.25) is 4.98 Å². The van der Waals surface area contributed by atoms with Crippen LogP contribution in [0.1, 0.15) is 31.9 Å². The number of nitrogens with one attached hydrogen (secondary N) is 1. The Labute approximate surface area is 101 Å². The maximum absolute atomic E-state index is 13.2. The maximum Gasteiger partial charge on any atom is 0.141 e. The molecular formula is C13H19FN2O. The molecule has 3 nitrogen and oxygen atoms in total. The van der Waals surface area contributed by atoms with Gasteiger partial charge in [0.25, 0.3) is 0 Å². The van der Waals surface area contributed by atoms with Crippen molar-refractivity contribution in [3.63, 3.8) is 0 Å². The topological polar surface area (TPSA) is 34.2 Å². The van der Waals surface area contributed by atoms with Crippen molar-refractivity contribution in [1.82, 2.24) is 10.3 Å². The first-order valence-corrected chi connectivity index (χ1v) is 6.16. The van der Waals surface area contributed by atoms with Crippen LogP contribution < -0.4 is 5.32 Å². The maximum atomic E-state index is 13.2. The largest absolute Gasteiger partial charge is 0.378 e. The number of hydrogen-bond donors (Lipinski definition) is 1. The van der Waals surface area contributed by atoms with Crippen LogP contribution in [0.25, 0.3) is 0 Å². The molecule has 0 aliphatic carbocycles. The van der Waals surface area contributed by atoms with E-state index in [4.69, 9.17) is 4.74 Å². The fraction of sp³-hybridized carbons (Fsp3) is 0.615. The second-order valence-corrected chi connectivity index (χ2v) is 4.61. The summed E-state index contributed by atoms with van der Waals surface area (Å²) in [5.74, 6) is 0.117. The lowest BCUT2D eigenvalue weighted by Crippen LogP contribution is -2.28. The first-order chi connectivity index (χ1) is 8.20. The molecule has 2 rings (SSSR count). The summed E-state index contributed by atoms with van der Waals surface area (Å²) in [5, 5.41) is 3.40. The smallest absolute Gasteiger partial charge is 0.141 e. The quantitative estimate of drug-likeness (QED) is 0.874. The van der Waals surface area contributed by atoms with Gasteiger partial charge >= 0.3 is 0 Å². The number of halogens is 1. The minimum atomic E-state index is -0.280. The van der Waals surface area contributed by atoms with Gasteiger partial charge in [0, 0.05) is 18.2 Å². The molecular weight excluding hydrogens is 219 g/mol. The molecule has 4 heteroatoms. The Morgan fingerprint density at radius 3 is 3.00 bits per heavy atom. The van der Waals surface area contributed by atoms with E-state index in [1.807, 2.05) is 0 Å². The molecule has 94 valence electrons. The molecule has 17 heavy (non-hydrogen) atoms. The summed E-state index contributed by atoms with van der Waals surface area (Å²) in [6, 6.07) is 1.69. The average Bonchev–Trinajstić information content (AvgIpc) is 2.72. The van der Waals surface area contributed by atoms with Gasteiger partial charge in [-0.1, -0.05) is 6.92 Å². The normalized spacial score (nSPS) is 26.1. The van der Waals surface area contributed by atoms with E-state index in [2.05, 4.69) is 24.1 Å². The van der Waals surface area contributed by atoms with E-state index in [1.54, 1.807) is 12.3 Å². The van der Waals surface area contributed by atoms with E-state index >= 15 is 0 Å². The molecule has 0 saturated carbocycles. The van der Waals surface area contributed by atoms with Crippen molar-refractivity contribution in [2.45, 2.75) is 32.4 Å². The van der Waals surface area contributed by atoms with Crippen molar-refractivity contribution in [1.29, 1.82) is 0 Å². The first-order valence-electron chi connectivity index (χ1n) is 6.16. The third-order valence-corrected chi connectivity index (χ3v) is 3.21. The van der Waals surface area contributed by atoms with Crippen LogP contribution in [0.3, 0.4) is 0 Å². The second-order valence-electron chi connectivity index (χ2n) is 4.61. The lowest BCUT2D eigenvalue weighted by molar-refractivity contribution is 0.117. The molecule has 3 unspecified atom stereocenters. The Morgan fingerprint density at radius 2 is 2.41 bits per heavy atom. The van der Waals surface area contributed by atoms with E-state index in [9.17, 15) is 4.39 Å². The van der Waals surface area contributed by atoms with Crippen molar-refractivity contribution < 1.29 is 9.13 Å². The highest BCUT2D eigenvalue weighted by Gasteiger charge is 2.30. The monoisotopic (exact) mass is 238 g/mol. The van der Waals surface area contributed by atoms with Crippen LogP contribution in [-0.2, 0) is 4.74 Å². The predicted octanol–water partition coefficient (Wildman–Crippen LogP) is 2.30. The average molecular weight is 238 g/mol. The Bertz CT molecular complexity index is 372. The SMILES string of the molecule is CCNC(c1cncc(F)c1)C1COC(C)C1. The standard InChI is InChI=1S/C13H19FN2O/c1-3-16-13(11-4-9(2)17-8-11)10-5-12(14)7-15-6-10/h5-7,9,11,13,16H,3-4,8H2,1-2H3. The molecule has 1 N–H and O–H groups in total. The first kappa shape index (κ1) is 12.5. The highest BCUT2D eigenvalue weighted by atomic mass is 19.1. The van der Waals surface area contributed by atoms with Gasteiger partial charge in [0.1, 0.15) is 5.82 Å². The second kappa shape index (κ2) is 5.56. The summed E-state index contributed by atoms with van der Waals surface area (Å²) in [7, 11) is 0. The van der Waals surface area contributed by atoms with Crippen LogP contribution in [0, 0.1) is 11.7 Å². The molecule has 3 atom stereocenters. The summed E-state index contributed by atoms with van der Waals surface area (Å²) in [5.41, 5.74) is 0.912. The van der Waals surface area contributed by atoms with Gasteiger partial charge in [-0.05, 0) is 31.5 Å². The molecule has 0 amide bonds. The molecule has 1 aliphatic heterocycles. The molecule has 0 bridgehead atoms. The van der Waals surface area contributed by atoms with Crippen LogP contribution in [0.2, 0.25) is 0 Å². The van der Waals surface area contributed by atoms with E-state index in [0.717, 1.165) is 25.1 Å². The van der Waals surface area contributed by atoms with Crippen molar-refractivity contribution in [2.24, 2.45) is 5.92 Å². The molecule has 2 heterocycles. The number of hydrogen-bond acceptors (Lipinski definition) is 3. The number of pyridine rings is 1. The minimum Gasteiger partial charge on any atom is -0.378 e. The number of rotatable bonds is 4. The highest BCUT2D eigenvalue weighted by molar-refractivity contribution is 5.16. The van der Waals surface area contributed by atoms with Crippen LogP contribution in [-0.4, -0.2) is 24.2 Å². The molecule has 1 aliphatic rings. The lowest BCUT2D eigenvalue weighted by atomic mass is 9.92. The molecule has 1 aromatic heterocycles. The van der Waals surface area contributed by atoms with Gasteiger partial charge in [-0.2, -0.15) is 0 Å². The number of ether oxygens (including phenoxy) is 1. The summed E-state index contributed by atoms with van der Waals surface area (Å²) in [6.45, 7) is 5.72. The number of nitrogens with zero attached hydrogens (tertiary/aromatic N) is 1. The fourth-order valence-electron chi connectivity index (χ4n) is 2.46. The molecule has 0 aromatic carbocycles. The molecule has 0 radical (unpaired) electrons. The van der Waals surface area contributed by atoms with Crippen molar-refractivity contribution in [3.8, 4) is 0 Å². The van der Waals surface area contributed by atoms with Crippen LogP contribution in [0.15, 0.2) is 18.5 Å². The van der Waals surface area contributed by atoms with E-state index in [0.29, 0.717) is 12.0 Å². The van der Waals surface area contributed by atoms with Crippen LogP contribution in [0.5, 0.6) is 0 Å². The zero-order valence-electron chi connectivity index (χ0n) is 10.3. The molecule has 1 aromatic rings. The van der Waals surface area contributed by atoms with Gasteiger partial charge in [-0.15, -0.1) is 0 Å². The van der Waals surface area contributed by atoms with Gasteiger partial charge < -0.3 is 10.1 Å². The van der Waals surface area contributed by atoms with Crippen molar-refractivity contribution in [2.75, 3.05) is 13.2 Å². The Morgan fingerprint density at radius 1 is 1.59 bits per heavy atom. The third-order valence-electron chi connectivity index (χ3n) is 3.21. The zero-order chi connectivity index (χ0) is 12.3. The van der Waals surface area contributed by atoms with Crippen molar-refractivity contribution in [3.05, 3.63) is 29.8 Å². The van der Waals surface area contributed by atoms with Gasteiger partial charge in [-0.25, -0.2) is 4.39 Å². The Kier molecular flexibility index (Phi) is 4.07. The van der Waals surface area contributed by atoms with Crippen LogP contribution >= 0.6 is 0 Å².